The topological polar surface area (TPSA) is 13.1 Å². The summed E-state index contributed by atoms with van der Waals surface area (Å²) in [6.07, 6.45) is 1.49. The predicted octanol–water partition coefficient (Wildman–Crippen LogP) is 0.212. The average Bonchev–Trinajstić information content (AvgIpc) is 2.34. The summed E-state index contributed by atoms with van der Waals surface area (Å²) >= 11 is 0.841. The first kappa shape index (κ1) is 15.1. The van der Waals surface area contributed by atoms with Crippen molar-refractivity contribution in [2.24, 2.45) is 0 Å². The van der Waals surface area contributed by atoms with Crippen LogP contribution in [0.5, 0.6) is 0 Å². The largest absolute Gasteiger partial charge is 1.00 e. The van der Waals surface area contributed by atoms with Crippen molar-refractivity contribution in [3.63, 3.8) is 0 Å². The smallest absolute Gasteiger partial charge is 0.468 e. The number of furan rings is 1. The molecule has 0 unspecified atom stereocenters. The molecule has 0 amide bonds. The molecule has 0 N–H and O–H groups in total. The van der Waals surface area contributed by atoms with Crippen LogP contribution in [0.15, 0.2) is 16.7 Å². The SMILES string of the molecule is Cc1ccoc1CSC[B-](F)(F)F.[K+]. The quantitative estimate of drug-likeness (QED) is 0.707. The van der Waals surface area contributed by atoms with Gasteiger partial charge in [-0.15, -0.1) is 0 Å². The molecule has 0 saturated heterocycles. The summed E-state index contributed by atoms with van der Waals surface area (Å²) in [5.41, 5.74) is 0.141. The van der Waals surface area contributed by atoms with Crippen LogP contribution >= 0.6 is 11.8 Å². The summed E-state index contributed by atoms with van der Waals surface area (Å²) in [4.78, 5) is 0. The third-order valence-electron chi connectivity index (χ3n) is 1.51. The van der Waals surface area contributed by atoms with E-state index in [1.807, 2.05) is 6.92 Å². The van der Waals surface area contributed by atoms with Crippen LogP contribution in [0.1, 0.15) is 11.3 Å². The van der Waals surface area contributed by atoms with E-state index in [9.17, 15) is 12.9 Å². The number of hydrogen-bond donors (Lipinski definition) is 0. The fourth-order valence-electron chi connectivity index (χ4n) is 0.837. The van der Waals surface area contributed by atoms with E-state index >= 15 is 0 Å². The standard InChI is InChI=1S/C7H9BF3OS.K/c1-6-2-3-12-7(6)4-13-5-8(9,10)11;/h2-3H,4-5H2,1H3;/q-1;+1. The Morgan fingerprint density at radius 1 is 1.43 bits per heavy atom. The van der Waals surface area contributed by atoms with Gasteiger partial charge in [0.25, 0.3) is 0 Å². The first-order valence-electron chi connectivity index (χ1n) is 3.81. The predicted molar refractivity (Wildman–Crippen MR) is 48.7 cm³/mol. The molecule has 74 valence electrons. The van der Waals surface area contributed by atoms with Crippen molar-refractivity contribution in [1.29, 1.82) is 0 Å². The van der Waals surface area contributed by atoms with Gasteiger partial charge in [-0.05, 0) is 24.2 Å². The minimum Gasteiger partial charge on any atom is -0.468 e. The number of hydrogen-bond acceptors (Lipinski definition) is 2. The molecule has 7 heteroatoms. The van der Waals surface area contributed by atoms with Crippen LogP contribution in [0.2, 0.25) is 0 Å². The Labute approximate surface area is 128 Å². The second-order valence-corrected chi connectivity index (χ2v) is 3.78. The Balaban J connectivity index is 0.00000169. The molecule has 14 heavy (non-hydrogen) atoms. The van der Waals surface area contributed by atoms with Crippen molar-refractivity contribution in [1.82, 2.24) is 0 Å². The van der Waals surface area contributed by atoms with E-state index in [0.717, 1.165) is 17.3 Å². The zero-order valence-corrected chi connectivity index (χ0v) is 12.0. The third kappa shape index (κ3) is 5.87. The van der Waals surface area contributed by atoms with Gasteiger partial charge in [0.05, 0.1) is 6.26 Å². The molecule has 0 aliphatic heterocycles. The molecule has 0 atom stereocenters. The summed E-state index contributed by atoms with van der Waals surface area (Å²) in [6, 6.07) is 1.74. The molecule has 1 heterocycles. The van der Waals surface area contributed by atoms with Gasteiger partial charge in [0.15, 0.2) is 0 Å². The molecule has 0 aliphatic rings. The monoisotopic (exact) mass is 248 g/mol. The van der Waals surface area contributed by atoms with E-state index in [4.69, 9.17) is 4.42 Å². The number of aryl methyl sites for hydroxylation is 1. The number of rotatable bonds is 4. The Bertz CT molecular complexity index is 276. The van der Waals surface area contributed by atoms with Crippen LogP contribution in [0.3, 0.4) is 0 Å². The van der Waals surface area contributed by atoms with Crippen molar-refractivity contribution in [3.8, 4) is 0 Å². The van der Waals surface area contributed by atoms with Gasteiger partial charge in [-0.1, -0.05) is 0 Å². The summed E-state index contributed by atoms with van der Waals surface area (Å²) in [5, 5.41) is 0. The third-order valence-corrected chi connectivity index (χ3v) is 2.59. The number of thioether (sulfide) groups is 1. The van der Waals surface area contributed by atoms with Crippen LogP contribution in [0.25, 0.3) is 0 Å². The molecule has 0 aromatic carbocycles. The summed E-state index contributed by atoms with van der Waals surface area (Å²) < 4.78 is 40.4. The molecule has 1 nitrogen and oxygen atoms in total. The van der Waals surface area contributed by atoms with Crippen molar-refractivity contribution in [2.45, 2.75) is 12.7 Å². The molecule has 0 fully saturated rings. The van der Waals surface area contributed by atoms with Gasteiger partial charge in [-0.2, -0.15) is 11.8 Å². The van der Waals surface area contributed by atoms with Crippen LogP contribution in [0, 0.1) is 6.92 Å². The van der Waals surface area contributed by atoms with Crippen molar-refractivity contribution in [3.05, 3.63) is 23.7 Å². The van der Waals surface area contributed by atoms with Gasteiger partial charge in [0.1, 0.15) is 5.76 Å². The normalized spacial score (nSPS) is 11.1. The molecule has 1 aromatic rings. The Hall–Kier alpha value is 1.12. The van der Waals surface area contributed by atoms with Gasteiger partial charge in [-0.25, -0.2) is 0 Å². The zero-order chi connectivity index (χ0) is 9.90. The van der Waals surface area contributed by atoms with Crippen molar-refractivity contribution < 1.29 is 68.7 Å². The van der Waals surface area contributed by atoms with Gasteiger partial charge < -0.3 is 17.4 Å². The van der Waals surface area contributed by atoms with Crippen LogP contribution in [-0.4, -0.2) is 12.6 Å². The van der Waals surface area contributed by atoms with Gasteiger partial charge in [0.2, 0.25) is 0 Å². The first-order chi connectivity index (χ1) is 5.99. The first-order valence-corrected chi connectivity index (χ1v) is 4.96. The van der Waals surface area contributed by atoms with Gasteiger partial charge >= 0.3 is 58.4 Å². The van der Waals surface area contributed by atoms with Crippen LogP contribution in [0.4, 0.5) is 12.9 Å². The second kappa shape index (κ2) is 6.65. The van der Waals surface area contributed by atoms with E-state index in [-0.39, 0.29) is 51.4 Å². The fraction of sp³-hybridized carbons (Fsp3) is 0.429. The molecule has 0 saturated carbocycles. The number of halogens is 3. The van der Waals surface area contributed by atoms with Crippen molar-refractivity contribution in [2.75, 3.05) is 5.65 Å². The maximum absolute atomic E-state index is 11.8. The molecular weight excluding hydrogens is 239 g/mol. The molecule has 0 radical (unpaired) electrons. The maximum Gasteiger partial charge on any atom is 1.00 e. The van der Waals surface area contributed by atoms with E-state index < -0.39 is 12.6 Å². The molecule has 0 aliphatic carbocycles. The fourth-order valence-corrected chi connectivity index (χ4v) is 1.70. The molecule has 0 bridgehead atoms. The minimum atomic E-state index is -4.67. The summed E-state index contributed by atoms with van der Waals surface area (Å²) in [6.45, 7) is -2.86. The molecule has 1 rings (SSSR count). The minimum absolute atomic E-state index is 0. The molecule has 0 spiro atoms. The zero-order valence-electron chi connectivity index (χ0n) is 8.10. The van der Waals surface area contributed by atoms with Crippen LogP contribution in [-0.2, 0) is 5.75 Å². The van der Waals surface area contributed by atoms with Crippen LogP contribution < -0.4 is 51.4 Å². The summed E-state index contributed by atoms with van der Waals surface area (Å²) in [7, 11) is 0. The van der Waals surface area contributed by atoms with E-state index in [2.05, 4.69) is 0 Å². The summed E-state index contributed by atoms with van der Waals surface area (Å²) in [5.74, 6) is 0.921. The molecular formula is C7H9BF3KOS. The maximum atomic E-state index is 11.8. The Kier molecular flexibility index (Phi) is 7.18. The Morgan fingerprint density at radius 3 is 2.50 bits per heavy atom. The second-order valence-electron chi connectivity index (χ2n) is 2.75. The van der Waals surface area contributed by atoms with E-state index in [1.165, 1.54) is 6.26 Å². The van der Waals surface area contributed by atoms with Gasteiger partial charge in [-0.3, -0.25) is 0 Å². The molecule has 1 aromatic heterocycles. The van der Waals surface area contributed by atoms with E-state index in [1.54, 1.807) is 6.07 Å². The Morgan fingerprint density at radius 2 is 2.07 bits per heavy atom. The van der Waals surface area contributed by atoms with Crippen molar-refractivity contribution >= 4 is 18.7 Å². The van der Waals surface area contributed by atoms with E-state index in [0.29, 0.717) is 11.5 Å². The van der Waals surface area contributed by atoms with Gasteiger partial charge in [0, 0.05) is 5.75 Å². The average molecular weight is 248 g/mol.